The van der Waals surface area contributed by atoms with Crippen molar-refractivity contribution in [2.75, 3.05) is 9.74 Å². The summed E-state index contributed by atoms with van der Waals surface area (Å²) in [6, 6.07) is 8.03. The van der Waals surface area contributed by atoms with E-state index in [0.29, 0.717) is 0 Å². The number of halogens is 1. The second kappa shape index (κ2) is 8.28. The van der Waals surface area contributed by atoms with Crippen molar-refractivity contribution in [2.45, 2.75) is 26.2 Å². The summed E-state index contributed by atoms with van der Waals surface area (Å²) in [5, 5.41) is 2.76. The Morgan fingerprint density at radius 2 is 1.88 bits per heavy atom. The Bertz CT molecular complexity index is 370. The Kier molecular flexibility index (Phi) is 6.93. The van der Waals surface area contributed by atoms with Gasteiger partial charge < -0.3 is 5.32 Å². The molecule has 0 aliphatic rings. The van der Waals surface area contributed by atoms with Crippen LogP contribution in [0.15, 0.2) is 36.4 Å². The molecule has 0 fully saturated rings. The van der Waals surface area contributed by atoms with Crippen LogP contribution in [-0.4, -0.2) is 10.3 Å². The molecule has 92 valence electrons. The molecular formula is C14H18INO. The highest BCUT2D eigenvalue weighted by atomic mass is 127. The largest absolute Gasteiger partial charge is 0.326 e. The molecule has 0 saturated heterocycles. The van der Waals surface area contributed by atoms with E-state index in [2.05, 4.69) is 52.2 Å². The molecule has 3 heteroatoms. The van der Waals surface area contributed by atoms with E-state index in [9.17, 15) is 4.79 Å². The maximum Gasteiger partial charge on any atom is 0.221 e. The molecule has 0 radical (unpaired) electrons. The van der Waals surface area contributed by atoms with Gasteiger partial charge >= 0.3 is 0 Å². The first-order chi connectivity index (χ1) is 8.22. The summed E-state index contributed by atoms with van der Waals surface area (Å²) >= 11 is 2.38. The second-order valence-electron chi connectivity index (χ2n) is 3.87. The van der Waals surface area contributed by atoms with Gasteiger partial charge in [0, 0.05) is 17.0 Å². The number of allylic oxidation sites excluding steroid dienone is 2. The van der Waals surface area contributed by atoms with E-state index in [1.54, 1.807) is 0 Å². The van der Waals surface area contributed by atoms with Gasteiger partial charge in [-0.3, -0.25) is 4.79 Å². The topological polar surface area (TPSA) is 29.1 Å². The number of nitrogens with one attached hydrogen (secondary N) is 1. The molecule has 17 heavy (non-hydrogen) atoms. The van der Waals surface area contributed by atoms with Crippen LogP contribution in [0, 0.1) is 0 Å². The van der Waals surface area contributed by atoms with E-state index >= 15 is 0 Å². The molecule has 0 saturated carbocycles. The predicted octanol–water partition coefficient (Wildman–Crippen LogP) is 3.96. The third kappa shape index (κ3) is 6.46. The van der Waals surface area contributed by atoms with Gasteiger partial charge in [0.15, 0.2) is 0 Å². The molecule has 0 aliphatic carbocycles. The fourth-order valence-corrected chi connectivity index (χ4v) is 1.87. The number of anilines is 1. The minimum absolute atomic E-state index is 0.0283. The molecule has 1 amide bonds. The number of carbonyl (C=O) groups excluding carboxylic acids is 1. The highest BCUT2D eigenvalue weighted by molar-refractivity contribution is 14.1. The van der Waals surface area contributed by atoms with Gasteiger partial charge in [-0.1, -0.05) is 46.9 Å². The molecule has 0 spiro atoms. The summed E-state index contributed by atoms with van der Waals surface area (Å²) in [5.74, 6) is -0.0283. The van der Waals surface area contributed by atoms with Crippen molar-refractivity contribution in [3.8, 4) is 0 Å². The fraction of sp³-hybridized carbons (Fsp3) is 0.357. The highest BCUT2D eigenvalue weighted by Gasteiger charge is 1.95. The van der Waals surface area contributed by atoms with Crippen LogP contribution in [0.2, 0.25) is 0 Å². The van der Waals surface area contributed by atoms with Gasteiger partial charge in [-0.05, 0) is 37.0 Å². The SMILES string of the molecule is CC(=O)Nc1ccc(CC/C=C/CCI)cc1. The van der Waals surface area contributed by atoms with Gasteiger partial charge in [0.2, 0.25) is 5.91 Å². The molecule has 0 aliphatic heterocycles. The van der Waals surface area contributed by atoms with Crippen molar-refractivity contribution >= 4 is 34.2 Å². The summed E-state index contributed by atoms with van der Waals surface area (Å²) in [6.07, 6.45) is 7.76. The smallest absolute Gasteiger partial charge is 0.221 e. The van der Waals surface area contributed by atoms with Crippen molar-refractivity contribution in [1.29, 1.82) is 0 Å². The zero-order chi connectivity index (χ0) is 12.5. The maximum absolute atomic E-state index is 10.8. The molecule has 2 nitrogen and oxygen atoms in total. The zero-order valence-electron chi connectivity index (χ0n) is 10.1. The van der Waals surface area contributed by atoms with E-state index < -0.39 is 0 Å². The Hall–Kier alpha value is -0.840. The standard InChI is InChI=1S/C14H18INO/c1-12(17)16-14-9-7-13(8-10-14)6-4-2-3-5-11-15/h2-3,7-10H,4-6,11H2,1H3,(H,16,17)/b3-2+. The average molecular weight is 343 g/mol. The zero-order valence-corrected chi connectivity index (χ0v) is 12.2. The second-order valence-corrected chi connectivity index (χ2v) is 4.94. The van der Waals surface area contributed by atoms with E-state index in [1.165, 1.54) is 16.9 Å². The molecule has 1 N–H and O–H groups in total. The normalized spacial score (nSPS) is 10.7. The third-order valence-corrected chi connectivity index (χ3v) is 2.94. The van der Waals surface area contributed by atoms with Crippen molar-refractivity contribution in [3.05, 3.63) is 42.0 Å². The van der Waals surface area contributed by atoms with Crippen LogP contribution < -0.4 is 5.32 Å². The lowest BCUT2D eigenvalue weighted by molar-refractivity contribution is -0.114. The van der Waals surface area contributed by atoms with E-state index in [4.69, 9.17) is 0 Å². The lowest BCUT2D eigenvalue weighted by atomic mass is 10.1. The van der Waals surface area contributed by atoms with Gasteiger partial charge in [0.05, 0.1) is 0 Å². The van der Waals surface area contributed by atoms with Crippen molar-refractivity contribution in [2.24, 2.45) is 0 Å². The Morgan fingerprint density at radius 3 is 2.47 bits per heavy atom. The predicted molar refractivity (Wildman–Crippen MR) is 81.7 cm³/mol. The summed E-state index contributed by atoms with van der Waals surface area (Å²) in [5.41, 5.74) is 2.17. The Labute approximate surface area is 117 Å². The fourth-order valence-electron chi connectivity index (χ4n) is 1.51. The number of aryl methyl sites for hydroxylation is 1. The van der Waals surface area contributed by atoms with Crippen LogP contribution in [0.5, 0.6) is 0 Å². The van der Waals surface area contributed by atoms with Gasteiger partial charge in [-0.25, -0.2) is 0 Å². The van der Waals surface area contributed by atoms with E-state index in [0.717, 1.165) is 24.9 Å². The number of hydrogen-bond donors (Lipinski definition) is 1. The van der Waals surface area contributed by atoms with Crippen molar-refractivity contribution < 1.29 is 4.79 Å². The molecule has 1 aromatic rings. The molecule has 0 bridgehead atoms. The average Bonchev–Trinajstić information content (AvgIpc) is 2.30. The number of benzene rings is 1. The van der Waals surface area contributed by atoms with Crippen LogP contribution in [0.25, 0.3) is 0 Å². The number of carbonyl (C=O) groups is 1. The molecule has 1 aromatic carbocycles. The molecule has 0 heterocycles. The Balaban J connectivity index is 2.37. The first kappa shape index (κ1) is 14.2. The summed E-state index contributed by atoms with van der Waals surface area (Å²) < 4.78 is 1.18. The lowest BCUT2D eigenvalue weighted by Gasteiger charge is -2.03. The first-order valence-corrected chi connectivity index (χ1v) is 7.32. The summed E-state index contributed by atoms with van der Waals surface area (Å²) in [7, 11) is 0. The molecule has 0 unspecified atom stereocenters. The number of rotatable bonds is 6. The first-order valence-electron chi connectivity index (χ1n) is 5.80. The Morgan fingerprint density at radius 1 is 1.24 bits per heavy atom. The molecule has 1 rings (SSSR count). The molecule has 0 aromatic heterocycles. The van der Waals surface area contributed by atoms with Crippen LogP contribution in [0.3, 0.4) is 0 Å². The van der Waals surface area contributed by atoms with Gasteiger partial charge in [0.25, 0.3) is 0 Å². The number of amides is 1. The van der Waals surface area contributed by atoms with Gasteiger partial charge in [-0.2, -0.15) is 0 Å². The lowest BCUT2D eigenvalue weighted by Crippen LogP contribution is -2.05. The van der Waals surface area contributed by atoms with Crippen LogP contribution in [0.4, 0.5) is 5.69 Å². The van der Waals surface area contributed by atoms with Crippen LogP contribution in [-0.2, 0) is 11.2 Å². The number of alkyl halides is 1. The molecule has 0 atom stereocenters. The summed E-state index contributed by atoms with van der Waals surface area (Å²) in [4.78, 5) is 10.8. The summed E-state index contributed by atoms with van der Waals surface area (Å²) in [6.45, 7) is 1.52. The third-order valence-electron chi connectivity index (χ3n) is 2.32. The van der Waals surface area contributed by atoms with Gasteiger partial charge in [-0.15, -0.1) is 0 Å². The quantitative estimate of drug-likeness (QED) is 0.473. The van der Waals surface area contributed by atoms with Crippen molar-refractivity contribution in [1.82, 2.24) is 0 Å². The minimum Gasteiger partial charge on any atom is -0.326 e. The van der Waals surface area contributed by atoms with Gasteiger partial charge in [0.1, 0.15) is 0 Å². The van der Waals surface area contributed by atoms with Crippen molar-refractivity contribution in [3.63, 3.8) is 0 Å². The van der Waals surface area contributed by atoms with Crippen LogP contribution in [0.1, 0.15) is 25.3 Å². The highest BCUT2D eigenvalue weighted by Crippen LogP contribution is 2.11. The maximum atomic E-state index is 10.8. The number of hydrogen-bond acceptors (Lipinski definition) is 1. The molecular weight excluding hydrogens is 325 g/mol. The minimum atomic E-state index is -0.0283. The monoisotopic (exact) mass is 343 g/mol. The van der Waals surface area contributed by atoms with E-state index in [1.807, 2.05) is 12.1 Å². The van der Waals surface area contributed by atoms with Crippen LogP contribution >= 0.6 is 22.6 Å². The van der Waals surface area contributed by atoms with E-state index in [-0.39, 0.29) is 5.91 Å².